The van der Waals surface area contributed by atoms with Crippen molar-refractivity contribution in [2.24, 2.45) is 7.05 Å². The molecule has 118 valence electrons. The van der Waals surface area contributed by atoms with Crippen LogP contribution in [0.2, 0.25) is 0 Å². The fraction of sp³-hybridized carbons (Fsp3) is 0.200. The topological polar surface area (TPSA) is 74.0 Å². The highest BCUT2D eigenvalue weighted by molar-refractivity contribution is 7.80. The van der Waals surface area contributed by atoms with E-state index < -0.39 is 0 Å². The van der Waals surface area contributed by atoms with Gasteiger partial charge in [0.25, 0.3) is 0 Å². The summed E-state index contributed by atoms with van der Waals surface area (Å²) >= 11 is 5.31. The maximum absolute atomic E-state index is 11.8. The Balaban J connectivity index is 1.91. The van der Waals surface area contributed by atoms with Crippen molar-refractivity contribution in [2.45, 2.75) is 6.92 Å². The molecule has 2 heterocycles. The molecular weight excluding hydrogens is 314 g/mol. The summed E-state index contributed by atoms with van der Waals surface area (Å²) in [5.41, 5.74) is 2.05. The summed E-state index contributed by atoms with van der Waals surface area (Å²) in [5, 5.41) is 3.53. The molecule has 0 saturated carbocycles. The Labute approximate surface area is 137 Å². The quantitative estimate of drug-likeness (QED) is 0.586. The Kier molecular flexibility index (Phi) is 4.07. The second kappa shape index (κ2) is 6.17. The number of nitrogens with zero attached hydrogens (tertiary/aromatic N) is 4. The fourth-order valence-electron chi connectivity index (χ4n) is 2.19. The maximum Gasteiger partial charge on any atom is 0.338 e. The zero-order chi connectivity index (χ0) is 16.4. The first-order valence-corrected chi connectivity index (χ1v) is 7.44. The number of fused-ring (bicyclic) bond motifs is 1. The summed E-state index contributed by atoms with van der Waals surface area (Å²) < 4.78 is 8.56. The molecule has 8 heteroatoms. The average molecular weight is 329 g/mol. The van der Waals surface area contributed by atoms with Gasteiger partial charge in [0.15, 0.2) is 5.11 Å². The molecule has 2 aromatic heterocycles. The molecule has 0 spiro atoms. The van der Waals surface area contributed by atoms with E-state index in [9.17, 15) is 4.79 Å². The first-order valence-electron chi connectivity index (χ1n) is 7.03. The standard InChI is InChI=1S/C15H15N5O2S/c1-3-22-13(21)10-4-5-12-11(8-10)17-14(19(12)2)18-15(23)20-7-6-16-9-20/h4-9H,3H2,1-2H3,(H,17,18,23). The van der Waals surface area contributed by atoms with Crippen LogP contribution in [0.5, 0.6) is 0 Å². The van der Waals surface area contributed by atoms with Crippen molar-refractivity contribution >= 4 is 40.3 Å². The van der Waals surface area contributed by atoms with Gasteiger partial charge in [0.2, 0.25) is 5.95 Å². The Morgan fingerprint density at radius 1 is 1.43 bits per heavy atom. The van der Waals surface area contributed by atoms with Crippen LogP contribution < -0.4 is 5.32 Å². The first-order chi connectivity index (χ1) is 11.1. The third kappa shape index (κ3) is 2.93. The largest absolute Gasteiger partial charge is 0.462 e. The van der Waals surface area contributed by atoms with Gasteiger partial charge in [-0.25, -0.2) is 14.8 Å². The van der Waals surface area contributed by atoms with Crippen molar-refractivity contribution in [3.05, 3.63) is 42.5 Å². The summed E-state index contributed by atoms with van der Waals surface area (Å²) in [6.07, 6.45) is 5.00. The summed E-state index contributed by atoms with van der Waals surface area (Å²) in [7, 11) is 1.87. The molecule has 0 aliphatic heterocycles. The Hall–Kier alpha value is -2.74. The summed E-state index contributed by atoms with van der Waals surface area (Å²) in [4.78, 5) is 20.3. The van der Waals surface area contributed by atoms with Crippen molar-refractivity contribution in [3.8, 4) is 0 Å². The van der Waals surface area contributed by atoms with Crippen molar-refractivity contribution < 1.29 is 9.53 Å². The second-order valence-corrected chi connectivity index (χ2v) is 5.21. The Morgan fingerprint density at radius 3 is 2.96 bits per heavy atom. The molecule has 0 amide bonds. The molecule has 0 aliphatic rings. The third-order valence-corrected chi connectivity index (χ3v) is 3.66. The number of nitrogens with one attached hydrogen (secondary N) is 1. The molecule has 0 bridgehead atoms. The molecule has 7 nitrogen and oxygen atoms in total. The number of imidazole rings is 2. The van der Waals surface area contributed by atoms with Crippen molar-refractivity contribution in [2.75, 3.05) is 11.9 Å². The normalized spacial score (nSPS) is 10.7. The smallest absolute Gasteiger partial charge is 0.338 e. The van der Waals surface area contributed by atoms with Crippen LogP contribution in [0.25, 0.3) is 11.0 Å². The van der Waals surface area contributed by atoms with Gasteiger partial charge >= 0.3 is 5.97 Å². The molecular formula is C15H15N5O2S. The lowest BCUT2D eigenvalue weighted by Crippen LogP contribution is -2.19. The van der Waals surface area contributed by atoms with Crippen LogP contribution in [0.15, 0.2) is 36.9 Å². The molecule has 0 aliphatic carbocycles. The number of ether oxygens (including phenoxy) is 1. The molecule has 0 saturated heterocycles. The van der Waals surface area contributed by atoms with E-state index in [1.807, 2.05) is 17.7 Å². The Bertz CT molecular complexity index is 870. The van der Waals surface area contributed by atoms with Gasteiger partial charge in [-0.15, -0.1) is 0 Å². The van der Waals surface area contributed by atoms with Gasteiger partial charge in [0.1, 0.15) is 6.33 Å². The van der Waals surface area contributed by atoms with Crippen LogP contribution in [-0.4, -0.2) is 36.8 Å². The molecule has 0 fully saturated rings. The number of esters is 1. The van der Waals surface area contributed by atoms with E-state index in [4.69, 9.17) is 17.0 Å². The van der Waals surface area contributed by atoms with Gasteiger partial charge in [0, 0.05) is 19.4 Å². The summed E-state index contributed by atoms with van der Waals surface area (Å²) in [5.74, 6) is 0.225. The second-order valence-electron chi connectivity index (χ2n) is 4.82. The number of benzene rings is 1. The van der Waals surface area contributed by atoms with E-state index >= 15 is 0 Å². The summed E-state index contributed by atoms with van der Waals surface area (Å²) in [6, 6.07) is 5.26. The van der Waals surface area contributed by atoms with Gasteiger partial charge in [0.05, 0.1) is 23.2 Å². The zero-order valence-corrected chi connectivity index (χ0v) is 13.5. The molecule has 1 N–H and O–H groups in total. The fourth-order valence-corrected chi connectivity index (χ4v) is 2.39. The highest BCUT2D eigenvalue weighted by Crippen LogP contribution is 2.20. The number of aromatic nitrogens is 4. The number of rotatable bonds is 3. The number of carbonyl (C=O) groups excluding carboxylic acids is 1. The molecule has 3 aromatic rings. The van der Waals surface area contributed by atoms with Crippen LogP contribution in [0.4, 0.5) is 5.95 Å². The van der Waals surface area contributed by atoms with Crippen LogP contribution in [0, 0.1) is 0 Å². The predicted octanol–water partition coefficient (Wildman–Crippen LogP) is 2.19. The lowest BCUT2D eigenvalue weighted by molar-refractivity contribution is 0.0526. The third-order valence-electron chi connectivity index (χ3n) is 3.35. The number of thiocarbonyl (C=S) groups is 1. The average Bonchev–Trinajstić information content (AvgIpc) is 3.17. The Morgan fingerprint density at radius 2 is 2.26 bits per heavy atom. The van der Waals surface area contributed by atoms with Crippen molar-refractivity contribution in [1.82, 2.24) is 19.1 Å². The maximum atomic E-state index is 11.8. The van der Waals surface area contributed by atoms with Crippen LogP contribution in [0.3, 0.4) is 0 Å². The molecule has 0 radical (unpaired) electrons. The minimum absolute atomic E-state index is 0.338. The number of anilines is 1. The van der Waals surface area contributed by atoms with Gasteiger partial charge in [-0.05, 0) is 37.3 Å². The van der Waals surface area contributed by atoms with Crippen molar-refractivity contribution in [3.63, 3.8) is 0 Å². The molecule has 3 rings (SSSR count). The minimum atomic E-state index is -0.358. The molecule has 23 heavy (non-hydrogen) atoms. The van der Waals surface area contributed by atoms with E-state index in [2.05, 4.69) is 15.3 Å². The predicted molar refractivity (Wildman–Crippen MR) is 90.5 cm³/mol. The van der Waals surface area contributed by atoms with E-state index in [1.165, 1.54) is 0 Å². The van der Waals surface area contributed by atoms with Crippen LogP contribution in [0.1, 0.15) is 17.3 Å². The molecule has 1 aromatic carbocycles. The lowest BCUT2D eigenvalue weighted by atomic mass is 10.2. The van der Waals surface area contributed by atoms with Gasteiger partial charge in [-0.1, -0.05) is 0 Å². The van der Waals surface area contributed by atoms with Crippen LogP contribution in [-0.2, 0) is 11.8 Å². The van der Waals surface area contributed by atoms with E-state index in [1.54, 1.807) is 42.3 Å². The zero-order valence-electron chi connectivity index (χ0n) is 12.7. The highest BCUT2D eigenvalue weighted by Gasteiger charge is 2.13. The number of hydrogen-bond acceptors (Lipinski definition) is 5. The highest BCUT2D eigenvalue weighted by atomic mass is 32.1. The van der Waals surface area contributed by atoms with Gasteiger partial charge in [-0.2, -0.15) is 0 Å². The molecule has 0 atom stereocenters. The monoisotopic (exact) mass is 329 g/mol. The van der Waals surface area contributed by atoms with Gasteiger partial charge < -0.3 is 14.6 Å². The minimum Gasteiger partial charge on any atom is -0.462 e. The van der Waals surface area contributed by atoms with E-state index in [0.29, 0.717) is 28.7 Å². The number of aryl methyl sites for hydroxylation is 1. The number of carbonyl (C=O) groups is 1. The van der Waals surface area contributed by atoms with E-state index in [-0.39, 0.29) is 5.97 Å². The lowest BCUT2D eigenvalue weighted by Gasteiger charge is -2.07. The molecule has 0 unspecified atom stereocenters. The van der Waals surface area contributed by atoms with Crippen molar-refractivity contribution in [1.29, 1.82) is 0 Å². The summed E-state index contributed by atoms with van der Waals surface area (Å²) in [6.45, 7) is 2.11. The first kappa shape index (κ1) is 15.2. The van der Waals surface area contributed by atoms with E-state index in [0.717, 1.165) is 5.52 Å². The number of hydrogen-bond donors (Lipinski definition) is 1. The van der Waals surface area contributed by atoms with Gasteiger partial charge in [-0.3, -0.25) is 4.57 Å². The SMILES string of the molecule is CCOC(=O)c1ccc2c(c1)nc(NC(=S)n1ccnc1)n2C. The van der Waals surface area contributed by atoms with Crippen LogP contribution >= 0.6 is 12.2 Å².